The molecule has 3 rings (SSSR count). The molecule has 0 aromatic heterocycles. The van der Waals surface area contributed by atoms with Gasteiger partial charge < -0.3 is 89.9 Å². The minimum atomic E-state index is -1.98. The molecule has 0 aromatic carbocycles. The van der Waals surface area contributed by atoms with Crippen LogP contribution in [0.2, 0.25) is 0 Å². The van der Waals surface area contributed by atoms with E-state index < -0.39 is 124 Å². The van der Waals surface area contributed by atoms with Crippen molar-refractivity contribution in [3.05, 3.63) is 48.6 Å². The molecule has 19 heteroatoms. The van der Waals surface area contributed by atoms with Crippen LogP contribution in [0.4, 0.5) is 0 Å². The van der Waals surface area contributed by atoms with Gasteiger partial charge >= 0.3 is 0 Å². The number of nitrogens with one attached hydrogen (secondary N) is 1. The van der Waals surface area contributed by atoms with Crippen LogP contribution in [0.1, 0.15) is 187 Å². The lowest BCUT2D eigenvalue weighted by Crippen LogP contribution is -2.66. The molecular weight excluding hydrogens is 1010 g/mol. The number of carbonyl (C=O) groups is 1. The number of unbranched alkanes of at least 4 members (excludes halogenated alkanes) is 19. The van der Waals surface area contributed by atoms with Gasteiger partial charge in [0.1, 0.15) is 73.2 Å². The predicted octanol–water partition coefficient (Wildman–Crippen LogP) is 5.09. The molecule has 0 radical (unpaired) electrons. The van der Waals surface area contributed by atoms with E-state index in [2.05, 4.69) is 67.8 Å². The highest BCUT2D eigenvalue weighted by Crippen LogP contribution is 2.33. The molecule has 1 amide bonds. The molecule has 17 atom stereocenters. The molecule has 0 bridgehead atoms. The number of hydrogen-bond donors (Lipinski definition) is 12. The van der Waals surface area contributed by atoms with Gasteiger partial charge in [-0.25, -0.2) is 0 Å². The van der Waals surface area contributed by atoms with Crippen LogP contribution in [0, 0.1) is 0 Å². The molecule has 3 saturated heterocycles. The predicted molar refractivity (Wildman–Crippen MR) is 295 cm³/mol. The van der Waals surface area contributed by atoms with Crippen molar-refractivity contribution in [2.45, 2.75) is 291 Å². The van der Waals surface area contributed by atoms with Crippen molar-refractivity contribution in [2.75, 3.05) is 26.4 Å². The summed E-state index contributed by atoms with van der Waals surface area (Å²) in [7, 11) is 0. The third-order valence-electron chi connectivity index (χ3n) is 14.9. The first kappa shape index (κ1) is 70.0. The standard InChI is InChI=1S/C59H105NO18/c1-3-5-7-9-11-13-15-17-19-20-21-23-24-26-28-30-32-34-36-43(64)42(60-47(65)37-35-33-31-29-27-25-22-18-16-14-12-10-8-6-4-2)41-73-57-53(71)50(68)55(45(39-62)75-57)78-59-54(72)51(69)56(46(40-63)76-59)77-58-52(70)49(67)48(66)44(38-61)74-58/h6,8,12,14,18,22,27,29,42-46,48-59,61-64,66-72H,3-5,7,9-11,13,15-17,19-21,23-26,28,30-41H2,1-2H3,(H,60,65)/b8-6-,14-12-,22-18-,29-27-. The van der Waals surface area contributed by atoms with Crippen molar-refractivity contribution in [2.24, 2.45) is 0 Å². The summed E-state index contributed by atoms with van der Waals surface area (Å²) in [6, 6.07) is -0.909. The van der Waals surface area contributed by atoms with Crippen LogP contribution in [0.15, 0.2) is 48.6 Å². The summed E-state index contributed by atoms with van der Waals surface area (Å²) in [6.45, 7) is 1.63. The quantitative estimate of drug-likeness (QED) is 0.0279. The van der Waals surface area contributed by atoms with Crippen LogP contribution >= 0.6 is 0 Å². The zero-order valence-corrected chi connectivity index (χ0v) is 47.1. The smallest absolute Gasteiger partial charge is 0.220 e. The molecule has 3 aliphatic heterocycles. The van der Waals surface area contributed by atoms with Crippen LogP contribution in [0.5, 0.6) is 0 Å². The highest BCUT2D eigenvalue weighted by molar-refractivity contribution is 5.76. The largest absolute Gasteiger partial charge is 0.394 e. The van der Waals surface area contributed by atoms with E-state index in [1.807, 2.05) is 0 Å². The zero-order valence-electron chi connectivity index (χ0n) is 47.1. The maximum absolute atomic E-state index is 13.3. The highest BCUT2D eigenvalue weighted by atomic mass is 16.8. The fraction of sp³-hybridized carbons (Fsp3) is 0.847. The summed E-state index contributed by atoms with van der Waals surface area (Å²) < 4.78 is 34.3. The van der Waals surface area contributed by atoms with Crippen LogP contribution in [0.3, 0.4) is 0 Å². The Morgan fingerprint density at radius 1 is 0.474 bits per heavy atom. The van der Waals surface area contributed by atoms with Gasteiger partial charge in [0.2, 0.25) is 5.91 Å². The Bertz CT molecular complexity index is 1620. The molecular formula is C59H105NO18. The van der Waals surface area contributed by atoms with Gasteiger partial charge in [0.25, 0.3) is 0 Å². The number of allylic oxidation sites excluding steroid dienone is 8. The summed E-state index contributed by atoms with van der Waals surface area (Å²) in [6.07, 6.45) is 19.1. The van der Waals surface area contributed by atoms with Crippen molar-refractivity contribution in [1.29, 1.82) is 0 Å². The minimum Gasteiger partial charge on any atom is -0.394 e. The fourth-order valence-electron chi connectivity index (χ4n) is 10.0. The molecule has 3 heterocycles. The van der Waals surface area contributed by atoms with Crippen molar-refractivity contribution < 1.29 is 89.4 Å². The summed E-state index contributed by atoms with van der Waals surface area (Å²) in [5.74, 6) is -0.285. The first-order chi connectivity index (χ1) is 37.8. The van der Waals surface area contributed by atoms with E-state index in [9.17, 15) is 61.0 Å². The highest BCUT2D eigenvalue weighted by Gasteiger charge is 2.53. The Hall–Kier alpha value is -2.25. The van der Waals surface area contributed by atoms with Crippen molar-refractivity contribution >= 4 is 5.91 Å². The topological polar surface area (TPSA) is 307 Å². The Morgan fingerprint density at radius 3 is 1.36 bits per heavy atom. The molecule has 0 aromatic rings. The van der Waals surface area contributed by atoms with Crippen LogP contribution in [-0.2, 0) is 33.2 Å². The summed E-state index contributed by atoms with van der Waals surface area (Å²) >= 11 is 0. The second-order valence-corrected chi connectivity index (χ2v) is 21.4. The maximum Gasteiger partial charge on any atom is 0.220 e. The molecule has 3 aliphatic rings. The molecule has 19 nitrogen and oxygen atoms in total. The summed E-state index contributed by atoms with van der Waals surface area (Å²) in [5.41, 5.74) is 0. The van der Waals surface area contributed by atoms with E-state index in [-0.39, 0.29) is 18.9 Å². The molecule has 0 saturated carbocycles. The number of hydrogen-bond acceptors (Lipinski definition) is 18. The van der Waals surface area contributed by atoms with Crippen LogP contribution < -0.4 is 5.32 Å². The number of carbonyl (C=O) groups excluding carboxylic acids is 1. The van der Waals surface area contributed by atoms with Gasteiger partial charge in [-0.05, 0) is 51.4 Å². The van der Waals surface area contributed by atoms with E-state index in [1.165, 1.54) is 89.9 Å². The Balaban J connectivity index is 1.51. The van der Waals surface area contributed by atoms with Crippen molar-refractivity contribution in [3.8, 4) is 0 Å². The third kappa shape index (κ3) is 26.3. The molecule has 12 N–H and O–H groups in total. The van der Waals surface area contributed by atoms with E-state index in [1.54, 1.807) is 0 Å². The first-order valence-corrected chi connectivity index (χ1v) is 29.9. The molecule has 3 fully saturated rings. The Labute approximate surface area is 465 Å². The molecule has 78 heavy (non-hydrogen) atoms. The van der Waals surface area contributed by atoms with Crippen LogP contribution in [0.25, 0.3) is 0 Å². The Morgan fingerprint density at radius 2 is 0.885 bits per heavy atom. The van der Waals surface area contributed by atoms with Gasteiger partial charge in [-0.2, -0.15) is 0 Å². The van der Waals surface area contributed by atoms with Gasteiger partial charge in [0, 0.05) is 6.42 Å². The Kier molecular flexibility index (Phi) is 38.2. The van der Waals surface area contributed by atoms with Crippen molar-refractivity contribution in [3.63, 3.8) is 0 Å². The van der Waals surface area contributed by atoms with Crippen LogP contribution in [-0.4, -0.2) is 193 Å². The lowest BCUT2D eigenvalue weighted by Gasteiger charge is -2.48. The molecule has 17 unspecified atom stereocenters. The number of aliphatic hydroxyl groups excluding tert-OH is 11. The minimum absolute atomic E-state index is 0.213. The SMILES string of the molecule is CC/C=C\C/C=C\C/C=C\C/C=C\CCCCC(=O)NC(COC1OC(CO)C(OC2OC(CO)C(OC3OC(CO)C(O)C(O)C3O)C(O)C2O)C(O)C1O)C(O)CCCCCCCCCCCCCCCCCCCC. The number of aliphatic hydroxyl groups is 11. The summed E-state index contributed by atoms with van der Waals surface area (Å²) in [5, 5.41) is 120. The van der Waals surface area contributed by atoms with Gasteiger partial charge in [-0.1, -0.05) is 178 Å². The molecule has 0 spiro atoms. The van der Waals surface area contributed by atoms with Crippen molar-refractivity contribution in [1.82, 2.24) is 5.32 Å². The average molecular weight is 1120 g/mol. The van der Waals surface area contributed by atoms with Gasteiger partial charge in [0.05, 0.1) is 38.6 Å². The first-order valence-electron chi connectivity index (χ1n) is 29.9. The van der Waals surface area contributed by atoms with E-state index >= 15 is 0 Å². The number of rotatable bonds is 43. The molecule has 454 valence electrons. The maximum atomic E-state index is 13.3. The number of amides is 1. The second-order valence-electron chi connectivity index (χ2n) is 21.4. The van der Waals surface area contributed by atoms with Gasteiger partial charge in [0.15, 0.2) is 18.9 Å². The van der Waals surface area contributed by atoms with E-state index in [0.29, 0.717) is 12.8 Å². The number of ether oxygens (including phenoxy) is 6. The van der Waals surface area contributed by atoms with E-state index in [0.717, 1.165) is 64.2 Å². The van der Waals surface area contributed by atoms with Gasteiger partial charge in [-0.3, -0.25) is 4.79 Å². The summed E-state index contributed by atoms with van der Waals surface area (Å²) in [4.78, 5) is 13.3. The third-order valence-corrected chi connectivity index (χ3v) is 14.9. The van der Waals surface area contributed by atoms with Gasteiger partial charge in [-0.15, -0.1) is 0 Å². The zero-order chi connectivity index (χ0) is 56.9. The lowest BCUT2D eigenvalue weighted by molar-refractivity contribution is -0.379. The van der Waals surface area contributed by atoms with E-state index in [4.69, 9.17) is 28.4 Å². The molecule has 0 aliphatic carbocycles. The fourth-order valence-corrected chi connectivity index (χ4v) is 10.0. The lowest BCUT2D eigenvalue weighted by atomic mass is 9.96. The monoisotopic (exact) mass is 1120 g/mol. The average Bonchev–Trinajstić information content (AvgIpc) is 3.47. The normalized spacial score (nSPS) is 30.8. The second kappa shape index (κ2) is 42.6.